The molecule has 0 atom stereocenters. The van der Waals surface area contributed by atoms with E-state index in [1.54, 1.807) is 23.1 Å². The normalized spacial score (nSPS) is 11.9. The SMILES string of the molecule is CCCN(CCCCc1cccc(OC(C)(C)C(=O)O)c1)c1n[nH]c(=O)n(CCCC(F)(F)F)c1=O. The number of carboxylic acids is 1. The van der Waals surface area contributed by atoms with Crippen LogP contribution in [0.15, 0.2) is 33.9 Å². The van der Waals surface area contributed by atoms with Crippen LogP contribution in [0.4, 0.5) is 19.0 Å². The molecule has 0 aliphatic rings. The van der Waals surface area contributed by atoms with Crippen molar-refractivity contribution in [1.29, 1.82) is 0 Å². The van der Waals surface area contributed by atoms with Crippen LogP contribution in [0.3, 0.4) is 0 Å². The lowest BCUT2D eigenvalue weighted by Crippen LogP contribution is -2.42. The van der Waals surface area contributed by atoms with E-state index < -0.39 is 35.4 Å². The third kappa shape index (κ3) is 8.72. The number of hydrogen-bond acceptors (Lipinski definition) is 6. The quantitative estimate of drug-likeness (QED) is 0.369. The zero-order chi connectivity index (χ0) is 26.9. The minimum Gasteiger partial charge on any atom is -0.478 e. The van der Waals surface area contributed by atoms with Crippen molar-refractivity contribution in [1.82, 2.24) is 14.8 Å². The van der Waals surface area contributed by atoms with E-state index >= 15 is 0 Å². The van der Waals surface area contributed by atoms with Gasteiger partial charge in [0.25, 0.3) is 5.56 Å². The molecule has 1 heterocycles. The van der Waals surface area contributed by atoms with E-state index in [0.29, 0.717) is 38.1 Å². The number of aromatic nitrogens is 3. The highest BCUT2D eigenvalue weighted by atomic mass is 19.4. The highest BCUT2D eigenvalue weighted by Crippen LogP contribution is 2.22. The van der Waals surface area contributed by atoms with Crippen molar-refractivity contribution in [2.45, 2.75) is 77.6 Å². The molecule has 36 heavy (non-hydrogen) atoms. The van der Waals surface area contributed by atoms with Crippen molar-refractivity contribution >= 4 is 11.8 Å². The minimum atomic E-state index is -4.36. The van der Waals surface area contributed by atoms with Crippen molar-refractivity contribution in [3.8, 4) is 5.75 Å². The maximum Gasteiger partial charge on any atom is 0.389 e. The van der Waals surface area contributed by atoms with Crippen LogP contribution in [0.5, 0.6) is 5.75 Å². The van der Waals surface area contributed by atoms with E-state index in [4.69, 9.17) is 4.74 Å². The molecular weight excluding hydrogens is 481 g/mol. The van der Waals surface area contributed by atoms with Crippen molar-refractivity contribution in [3.63, 3.8) is 0 Å². The predicted molar refractivity (Wildman–Crippen MR) is 129 cm³/mol. The van der Waals surface area contributed by atoms with Crippen LogP contribution in [0.1, 0.15) is 58.4 Å². The number of nitrogens with zero attached hydrogens (tertiary/aromatic N) is 3. The Kier molecular flexibility index (Phi) is 10.1. The summed E-state index contributed by atoms with van der Waals surface area (Å²) in [4.78, 5) is 37.8. The highest BCUT2D eigenvalue weighted by molar-refractivity contribution is 5.76. The van der Waals surface area contributed by atoms with Crippen molar-refractivity contribution in [2.75, 3.05) is 18.0 Å². The molecule has 0 aliphatic heterocycles. The van der Waals surface area contributed by atoms with Gasteiger partial charge in [-0.15, -0.1) is 5.10 Å². The Labute approximate surface area is 206 Å². The second kappa shape index (κ2) is 12.6. The van der Waals surface area contributed by atoms with Crippen LogP contribution in [0.2, 0.25) is 0 Å². The van der Waals surface area contributed by atoms with Crippen molar-refractivity contribution in [2.24, 2.45) is 0 Å². The van der Waals surface area contributed by atoms with Gasteiger partial charge in [0.1, 0.15) is 5.75 Å². The lowest BCUT2D eigenvalue weighted by Gasteiger charge is -2.23. The molecule has 0 aliphatic carbocycles. The molecule has 0 amide bonds. The van der Waals surface area contributed by atoms with Crippen LogP contribution < -0.4 is 20.9 Å². The monoisotopic (exact) mass is 514 g/mol. The van der Waals surface area contributed by atoms with Crippen LogP contribution in [0, 0.1) is 0 Å². The van der Waals surface area contributed by atoms with Gasteiger partial charge in [-0.05, 0) is 63.6 Å². The molecule has 0 bridgehead atoms. The van der Waals surface area contributed by atoms with Crippen molar-refractivity contribution < 1.29 is 27.8 Å². The number of hydrogen-bond donors (Lipinski definition) is 2. The number of unbranched alkanes of at least 4 members (excludes halogenated alkanes) is 1. The number of nitrogens with one attached hydrogen (secondary N) is 1. The molecule has 0 radical (unpaired) electrons. The summed E-state index contributed by atoms with van der Waals surface area (Å²) in [7, 11) is 0. The number of benzene rings is 1. The number of aryl methyl sites for hydroxylation is 1. The van der Waals surface area contributed by atoms with Gasteiger partial charge in [0.15, 0.2) is 5.60 Å². The number of alkyl halides is 3. The Balaban J connectivity index is 2.02. The number of aliphatic carboxylic acids is 1. The van der Waals surface area contributed by atoms with Gasteiger partial charge in [0, 0.05) is 26.1 Å². The Morgan fingerprint density at radius 2 is 1.89 bits per heavy atom. The fraction of sp³-hybridized carbons (Fsp3) is 0.583. The van der Waals surface area contributed by atoms with E-state index in [0.717, 1.165) is 16.6 Å². The summed E-state index contributed by atoms with van der Waals surface area (Å²) in [6.45, 7) is 5.47. The molecule has 12 heteroatoms. The molecular formula is C24H33F3N4O5. The lowest BCUT2D eigenvalue weighted by atomic mass is 10.1. The first-order chi connectivity index (χ1) is 16.8. The third-order valence-electron chi connectivity index (χ3n) is 5.50. The predicted octanol–water partition coefficient (Wildman–Crippen LogP) is 3.76. The lowest BCUT2D eigenvalue weighted by molar-refractivity contribution is -0.152. The number of anilines is 1. The summed E-state index contributed by atoms with van der Waals surface area (Å²) in [5.41, 5.74) is -1.94. The van der Waals surface area contributed by atoms with E-state index in [-0.39, 0.29) is 18.8 Å². The molecule has 0 spiro atoms. The number of ether oxygens (including phenoxy) is 1. The first-order valence-electron chi connectivity index (χ1n) is 11.9. The smallest absolute Gasteiger partial charge is 0.389 e. The number of rotatable bonds is 14. The van der Waals surface area contributed by atoms with Gasteiger partial charge in [0.2, 0.25) is 5.82 Å². The fourth-order valence-corrected chi connectivity index (χ4v) is 3.60. The van der Waals surface area contributed by atoms with Gasteiger partial charge >= 0.3 is 17.8 Å². The maximum atomic E-state index is 12.8. The van der Waals surface area contributed by atoms with E-state index in [1.165, 1.54) is 13.8 Å². The summed E-state index contributed by atoms with van der Waals surface area (Å²) in [5.74, 6) is -0.606. The molecule has 1 aromatic heterocycles. The number of carboxylic acid groups (broad SMARTS) is 1. The number of aromatic amines is 1. The molecule has 200 valence electrons. The minimum absolute atomic E-state index is 0.00904. The van der Waals surface area contributed by atoms with Crippen molar-refractivity contribution in [3.05, 3.63) is 50.7 Å². The summed E-state index contributed by atoms with van der Waals surface area (Å²) in [6, 6.07) is 7.18. The first kappa shape index (κ1) is 28.9. The molecule has 0 unspecified atom stereocenters. The second-order valence-electron chi connectivity index (χ2n) is 9.04. The van der Waals surface area contributed by atoms with Gasteiger partial charge in [-0.1, -0.05) is 19.1 Å². The van der Waals surface area contributed by atoms with E-state index in [1.807, 2.05) is 13.0 Å². The fourth-order valence-electron chi connectivity index (χ4n) is 3.60. The van der Waals surface area contributed by atoms with Gasteiger partial charge in [-0.25, -0.2) is 14.7 Å². The topological polar surface area (TPSA) is 118 Å². The summed E-state index contributed by atoms with van der Waals surface area (Å²) in [6.07, 6.45) is -3.02. The number of H-pyrrole nitrogens is 1. The van der Waals surface area contributed by atoms with E-state index in [2.05, 4.69) is 10.2 Å². The molecule has 9 nitrogen and oxygen atoms in total. The van der Waals surface area contributed by atoms with E-state index in [9.17, 15) is 32.7 Å². The molecule has 2 N–H and O–H groups in total. The Bertz CT molecular complexity index is 1130. The average molecular weight is 515 g/mol. The largest absolute Gasteiger partial charge is 0.478 e. The zero-order valence-electron chi connectivity index (χ0n) is 20.7. The second-order valence-corrected chi connectivity index (χ2v) is 9.04. The van der Waals surface area contributed by atoms with Gasteiger partial charge in [-0.3, -0.25) is 9.36 Å². The number of carbonyl (C=O) groups is 1. The van der Waals surface area contributed by atoms with Crippen LogP contribution in [-0.4, -0.2) is 50.7 Å². The number of halogens is 3. The average Bonchev–Trinajstić information content (AvgIpc) is 2.77. The highest BCUT2D eigenvalue weighted by Gasteiger charge is 2.29. The third-order valence-corrected chi connectivity index (χ3v) is 5.50. The Morgan fingerprint density at radius 1 is 1.17 bits per heavy atom. The first-order valence-corrected chi connectivity index (χ1v) is 11.9. The summed E-state index contributed by atoms with van der Waals surface area (Å²) >= 11 is 0. The van der Waals surface area contributed by atoms with Crippen LogP contribution >= 0.6 is 0 Å². The zero-order valence-corrected chi connectivity index (χ0v) is 20.7. The Morgan fingerprint density at radius 3 is 2.53 bits per heavy atom. The van der Waals surface area contributed by atoms with Crippen LogP contribution in [0.25, 0.3) is 0 Å². The van der Waals surface area contributed by atoms with Gasteiger partial charge in [-0.2, -0.15) is 13.2 Å². The molecule has 0 saturated carbocycles. The Hall–Kier alpha value is -3.31. The molecule has 2 rings (SSSR count). The summed E-state index contributed by atoms with van der Waals surface area (Å²) in [5, 5.41) is 15.3. The molecule has 2 aromatic rings. The maximum absolute atomic E-state index is 12.8. The summed E-state index contributed by atoms with van der Waals surface area (Å²) < 4.78 is 43.7. The standard InChI is InChI=1S/C24H33F3N4O5/c1-4-13-30(19-20(32)31(22(35)29-28-19)15-8-12-24(25,26)27)14-6-5-9-17-10-7-11-18(16-17)36-23(2,3)21(33)34/h7,10-11,16H,4-6,8-9,12-15H2,1-3H3,(H,29,35)(H,33,34). The van der Waals surface area contributed by atoms with Gasteiger partial charge < -0.3 is 14.7 Å². The molecule has 1 aromatic carbocycles. The molecule has 0 saturated heterocycles. The molecule has 0 fully saturated rings. The van der Waals surface area contributed by atoms with Crippen LogP contribution in [-0.2, 0) is 17.8 Å². The van der Waals surface area contributed by atoms with Gasteiger partial charge in [0.05, 0.1) is 0 Å².